The summed E-state index contributed by atoms with van der Waals surface area (Å²) in [6, 6.07) is 39.5. The molecular formula is C29H30Cl2PSiZr. The van der Waals surface area contributed by atoms with Crippen molar-refractivity contribution in [2.75, 3.05) is 0 Å². The van der Waals surface area contributed by atoms with Crippen LogP contribution in [0.1, 0.15) is 6.42 Å². The van der Waals surface area contributed by atoms with E-state index in [1.54, 1.807) is 21.3 Å². The van der Waals surface area contributed by atoms with Crippen molar-refractivity contribution in [1.82, 2.24) is 0 Å². The molecule has 1 unspecified atom stereocenters. The Hall–Kier alpha value is -1.40. The van der Waals surface area contributed by atoms with Gasteiger partial charge in [-0.1, -0.05) is 0 Å². The van der Waals surface area contributed by atoms with Crippen molar-refractivity contribution in [1.29, 1.82) is 0 Å². The van der Waals surface area contributed by atoms with Crippen molar-refractivity contribution < 1.29 is 43.6 Å². The Morgan fingerprint density at radius 3 is 1.50 bits per heavy atom. The molecule has 0 aliphatic heterocycles. The molecule has 0 amide bonds. The molecule has 5 heteroatoms. The Labute approximate surface area is 220 Å². The monoisotopic (exact) mass is 597 g/mol. The molecule has 0 saturated heterocycles. The second kappa shape index (κ2) is 11.1. The van der Waals surface area contributed by atoms with Crippen molar-refractivity contribution in [3.8, 4) is 0 Å². The molecule has 0 N–H and O–H groups in total. The van der Waals surface area contributed by atoms with Crippen LogP contribution in [-0.4, -0.2) is 8.80 Å². The van der Waals surface area contributed by atoms with Crippen molar-refractivity contribution >= 4 is 29.8 Å². The van der Waals surface area contributed by atoms with E-state index in [4.69, 9.17) is 0 Å². The minimum absolute atomic E-state index is 0. The van der Waals surface area contributed by atoms with Crippen LogP contribution in [0.3, 0.4) is 0 Å². The summed E-state index contributed by atoms with van der Waals surface area (Å²) in [4.78, 5) is 0. The van der Waals surface area contributed by atoms with Crippen LogP contribution in [0.15, 0.2) is 130 Å². The third kappa shape index (κ3) is 3.84. The zero-order chi connectivity index (χ0) is 22.0. The molecule has 0 radical (unpaired) electrons. The van der Waals surface area contributed by atoms with Gasteiger partial charge in [0.25, 0.3) is 0 Å². The Morgan fingerprint density at radius 1 is 0.647 bits per heavy atom. The summed E-state index contributed by atoms with van der Waals surface area (Å²) >= 11 is -4.45. The minimum atomic E-state index is -4.45. The zero-order valence-corrected chi connectivity index (χ0v) is 25.7. The van der Waals surface area contributed by atoms with Gasteiger partial charge in [-0.05, 0) is 0 Å². The molecule has 0 bridgehead atoms. The predicted molar refractivity (Wildman–Crippen MR) is 143 cm³/mol. The van der Waals surface area contributed by atoms with Crippen LogP contribution in [0.25, 0.3) is 0 Å². The molecule has 1 atom stereocenters. The summed E-state index contributed by atoms with van der Waals surface area (Å²) in [5.74, 6) is 2.40. The van der Waals surface area contributed by atoms with E-state index in [0.717, 1.165) is 14.6 Å². The fourth-order valence-electron chi connectivity index (χ4n) is 6.16. The molecule has 0 spiro atoms. The van der Waals surface area contributed by atoms with Crippen molar-refractivity contribution in [3.05, 3.63) is 130 Å². The number of halogens is 2. The average Bonchev–Trinajstić information content (AvgIpc) is 3.56. The first kappa shape index (κ1) is 27.2. The first-order valence-corrected chi connectivity index (χ1v) is 21.7. The van der Waals surface area contributed by atoms with E-state index >= 15 is 0 Å². The van der Waals surface area contributed by atoms with E-state index in [1.165, 1.54) is 0 Å². The average molecular weight is 600 g/mol. The molecular weight excluding hydrogens is 570 g/mol. The zero-order valence-electron chi connectivity index (χ0n) is 19.6. The fourth-order valence-corrected chi connectivity index (χ4v) is 36.8. The first-order chi connectivity index (χ1) is 15.7. The molecule has 0 fully saturated rings. The van der Waals surface area contributed by atoms with Gasteiger partial charge in [0.15, 0.2) is 0 Å². The van der Waals surface area contributed by atoms with E-state index in [2.05, 4.69) is 134 Å². The van der Waals surface area contributed by atoms with Gasteiger partial charge in [-0.3, -0.25) is 0 Å². The standard InChI is InChI=1S/C7H11Si.3C6H5.C4H4P.2ClH.Zr/c1-8(2)7-5-3-4-6-7;3*1-2-4-6-5-3-1;1-2-4-5-3-1;;;/h3,5,8H,4H2,1-2H3;3*1-5H;1-3,5H;2*1H;/q;;;;;;;+2/p-2. The molecule has 5 rings (SSSR count). The van der Waals surface area contributed by atoms with E-state index in [1.807, 2.05) is 0 Å². The van der Waals surface area contributed by atoms with Crippen molar-refractivity contribution in [2.24, 2.45) is 0 Å². The summed E-state index contributed by atoms with van der Waals surface area (Å²) in [5.41, 5.74) is 0. The molecule has 1 aliphatic carbocycles. The van der Waals surface area contributed by atoms with Gasteiger partial charge in [0.1, 0.15) is 0 Å². The van der Waals surface area contributed by atoms with Crippen molar-refractivity contribution in [2.45, 2.75) is 19.5 Å². The van der Waals surface area contributed by atoms with E-state index in [9.17, 15) is 0 Å². The van der Waals surface area contributed by atoms with E-state index in [0.29, 0.717) is 0 Å². The molecule has 173 valence electrons. The van der Waals surface area contributed by atoms with Gasteiger partial charge in [-0.2, -0.15) is 0 Å². The van der Waals surface area contributed by atoms with Gasteiger partial charge in [-0.15, -0.1) is 0 Å². The summed E-state index contributed by atoms with van der Waals surface area (Å²) in [6.07, 6.45) is 6.01. The number of rotatable bonds is 6. The molecule has 0 saturated carbocycles. The van der Waals surface area contributed by atoms with Gasteiger partial charge < -0.3 is 24.8 Å². The first-order valence-electron chi connectivity index (χ1n) is 11.6. The molecule has 0 nitrogen and oxygen atoms in total. The smallest absolute Gasteiger partial charge is 1.00 e. The SMILES string of the molecule is C[SiH](C)C1=[C]([Zr+2]([c]2ccccc2)([c]2ccccc2)([c]2ccccc2)[c]2ccc[pH]2)CC=C1.[Cl-].[Cl-]. The molecule has 4 aromatic rings. The second-order valence-electron chi connectivity index (χ2n) is 9.13. The quantitative estimate of drug-likeness (QED) is 0.256. The maximum atomic E-state index is 2.50. The molecule has 3 aromatic carbocycles. The van der Waals surface area contributed by atoms with Crippen LogP contribution in [0.2, 0.25) is 13.1 Å². The molecule has 1 aliphatic rings. The summed E-state index contributed by atoms with van der Waals surface area (Å²) in [5, 5.41) is 1.68. The van der Waals surface area contributed by atoms with Crippen LogP contribution >= 0.6 is 8.19 Å². The molecule has 1 aromatic heterocycles. The Balaban J connectivity index is 0.00000162. The van der Waals surface area contributed by atoms with Gasteiger partial charge in [-0.25, -0.2) is 0 Å². The third-order valence-corrected chi connectivity index (χ3v) is 32.9. The van der Waals surface area contributed by atoms with Crippen LogP contribution in [-0.2, 0) is 18.8 Å². The normalized spacial score (nSPS) is 13.8. The molecule has 1 heterocycles. The maximum Gasteiger partial charge on any atom is -1.00 e. The summed E-state index contributed by atoms with van der Waals surface area (Å²) in [7, 11) is -0.301. The minimum Gasteiger partial charge on any atom is -1.00 e. The number of hydrogen-bond donors (Lipinski definition) is 0. The Morgan fingerprint density at radius 2 is 1.12 bits per heavy atom. The fraction of sp³-hybridized carbons (Fsp3) is 0.103. The van der Waals surface area contributed by atoms with Gasteiger partial charge in [0, 0.05) is 0 Å². The third-order valence-electron chi connectivity index (χ3n) is 7.38. The number of hydrogen-bond acceptors (Lipinski definition) is 0. The van der Waals surface area contributed by atoms with Crippen LogP contribution in [0.5, 0.6) is 0 Å². The second-order valence-corrected chi connectivity index (χ2v) is 27.7. The maximum absolute atomic E-state index is 4.45. The van der Waals surface area contributed by atoms with Crippen LogP contribution < -0.4 is 37.6 Å². The summed E-state index contributed by atoms with van der Waals surface area (Å²) < 4.78 is 8.11. The van der Waals surface area contributed by atoms with E-state index < -0.39 is 27.6 Å². The van der Waals surface area contributed by atoms with Gasteiger partial charge >= 0.3 is 198 Å². The predicted octanol–water partition coefficient (Wildman–Crippen LogP) is -0.743. The molecule has 34 heavy (non-hydrogen) atoms. The Bertz CT molecular complexity index is 1170. The van der Waals surface area contributed by atoms with Crippen LogP contribution in [0.4, 0.5) is 0 Å². The largest absolute Gasteiger partial charge is 1.00 e. The van der Waals surface area contributed by atoms with Crippen molar-refractivity contribution in [3.63, 3.8) is 0 Å². The topological polar surface area (TPSA) is 0 Å². The van der Waals surface area contributed by atoms with E-state index in [-0.39, 0.29) is 24.8 Å². The van der Waals surface area contributed by atoms with Crippen LogP contribution in [0, 0.1) is 0 Å². The summed E-state index contributed by atoms with van der Waals surface area (Å²) in [6.45, 7) is 5.00. The number of benzene rings is 3. The van der Waals surface area contributed by atoms with Gasteiger partial charge in [0.05, 0.1) is 0 Å². The van der Waals surface area contributed by atoms with Gasteiger partial charge in [0.2, 0.25) is 0 Å². The Kier molecular flexibility index (Phi) is 8.89. The number of allylic oxidation sites excluding steroid dienone is 4.